The van der Waals surface area contributed by atoms with Gasteiger partial charge in [0.1, 0.15) is 18.3 Å². The van der Waals surface area contributed by atoms with Gasteiger partial charge in [-0.3, -0.25) is 23.7 Å². The van der Waals surface area contributed by atoms with Crippen LogP contribution in [0, 0.1) is 18.8 Å². The standard InChI is InChI=1S/C21H21N3O5/c1-12-6-5-9-17-22-14(10-18(25)23(12)17)11-29-21(28)13(2)24-19(26)15-7-3-4-8-16(15)20(24)27/h3-6,9-10,13,15-16H,7-8,11H2,1-2H3/t13-,15+,16+/m0/s1. The molecule has 2 aromatic heterocycles. The zero-order valence-corrected chi connectivity index (χ0v) is 16.2. The lowest BCUT2D eigenvalue weighted by Gasteiger charge is -2.21. The van der Waals surface area contributed by atoms with Crippen LogP contribution in [0.3, 0.4) is 0 Å². The Kier molecular flexibility index (Phi) is 4.77. The monoisotopic (exact) mass is 395 g/mol. The molecule has 3 atom stereocenters. The van der Waals surface area contributed by atoms with Crippen molar-refractivity contribution in [1.29, 1.82) is 0 Å². The summed E-state index contributed by atoms with van der Waals surface area (Å²) in [6, 6.07) is 5.57. The Morgan fingerprint density at radius 1 is 1.17 bits per heavy atom. The molecule has 0 spiro atoms. The molecule has 1 saturated heterocycles. The van der Waals surface area contributed by atoms with E-state index in [-0.39, 0.29) is 24.0 Å². The Hall–Kier alpha value is -3.29. The molecule has 8 nitrogen and oxygen atoms in total. The van der Waals surface area contributed by atoms with Gasteiger partial charge in [0, 0.05) is 11.8 Å². The summed E-state index contributed by atoms with van der Waals surface area (Å²) in [7, 11) is 0. The van der Waals surface area contributed by atoms with Gasteiger partial charge in [-0.2, -0.15) is 0 Å². The molecule has 1 aliphatic carbocycles. The lowest BCUT2D eigenvalue weighted by molar-refractivity contribution is -0.159. The molecule has 3 heterocycles. The van der Waals surface area contributed by atoms with Gasteiger partial charge in [0.15, 0.2) is 0 Å². The smallest absolute Gasteiger partial charge is 0.329 e. The van der Waals surface area contributed by atoms with Crippen LogP contribution in [0.4, 0.5) is 0 Å². The average molecular weight is 395 g/mol. The average Bonchev–Trinajstić information content (AvgIpc) is 2.96. The molecule has 0 aromatic carbocycles. The summed E-state index contributed by atoms with van der Waals surface area (Å²) in [5.74, 6) is -2.15. The van der Waals surface area contributed by atoms with Crippen molar-refractivity contribution >= 4 is 23.4 Å². The van der Waals surface area contributed by atoms with Gasteiger partial charge >= 0.3 is 5.97 Å². The van der Waals surface area contributed by atoms with Crippen molar-refractivity contribution in [2.75, 3.05) is 0 Å². The minimum absolute atomic E-state index is 0.215. The number of pyridine rings is 1. The number of hydrogen-bond acceptors (Lipinski definition) is 6. The number of rotatable bonds is 4. The molecular weight excluding hydrogens is 374 g/mol. The summed E-state index contributed by atoms with van der Waals surface area (Å²) in [6.45, 7) is 3.07. The normalized spacial score (nSPS) is 22.1. The number of imide groups is 1. The summed E-state index contributed by atoms with van der Waals surface area (Å²) in [4.78, 5) is 55.4. The number of hydrogen-bond donors (Lipinski definition) is 0. The largest absolute Gasteiger partial charge is 0.458 e. The van der Waals surface area contributed by atoms with Gasteiger partial charge in [-0.25, -0.2) is 9.78 Å². The van der Waals surface area contributed by atoms with Gasteiger partial charge in [0.2, 0.25) is 11.8 Å². The zero-order valence-electron chi connectivity index (χ0n) is 16.2. The van der Waals surface area contributed by atoms with Crippen LogP contribution in [0.15, 0.2) is 41.2 Å². The third kappa shape index (κ3) is 3.24. The number of carbonyl (C=O) groups excluding carboxylic acids is 3. The third-order valence-corrected chi connectivity index (χ3v) is 5.57. The number of fused-ring (bicyclic) bond motifs is 2. The maximum Gasteiger partial charge on any atom is 0.329 e. The molecule has 0 bridgehead atoms. The molecule has 0 radical (unpaired) electrons. The minimum atomic E-state index is -1.02. The maximum absolute atomic E-state index is 12.6. The topological polar surface area (TPSA) is 98.0 Å². The first kappa shape index (κ1) is 19.0. The number of nitrogens with zero attached hydrogens (tertiary/aromatic N) is 3. The van der Waals surface area contributed by atoms with Crippen molar-refractivity contribution in [2.45, 2.75) is 39.3 Å². The Bertz CT molecular complexity index is 1080. The number of esters is 1. The number of amides is 2. The fourth-order valence-corrected chi connectivity index (χ4v) is 4.02. The molecule has 8 heteroatoms. The van der Waals surface area contributed by atoms with E-state index in [1.807, 2.05) is 12.2 Å². The lowest BCUT2D eigenvalue weighted by atomic mass is 9.85. The van der Waals surface area contributed by atoms with Gasteiger partial charge in [-0.15, -0.1) is 0 Å². The second-order valence-electron chi connectivity index (χ2n) is 7.43. The number of aromatic nitrogens is 2. The Morgan fingerprint density at radius 3 is 2.48 bits per heavy atom. The highest BCUT2D eigenvalue weighted by molar-refractivity contribution is 6.08. The molecule has 1 fully saturated rings. The SMILES string of the molecule is Cc1cccc2nc(COC(=O)[C@H](C)N3C(=O)[C@@H]4CC=CC[C@H]4C3=O)cc(=O)n12. The van der Waals surface area contributed by atoms with Crippen molar-refractivity contribution in [3.63, 3.8) is 0 Å². The first-order valence-corrected chi connectivity index (χ1v) is 9.55. The van der Waals surface area contributed by atoms with E-state index >= 15 is 0 Å². The van der Waals surface area contributed by atoms with Gasteiger partial charge < -0.3 is 4.74 Å². The van der Waals surface area contributed by atoms with Crippen LogP contribution < -0.4 is 5.56 Å². The second-order valence-corrected chi connectivity index (χ2v) is 7.43. The molecule has 1 aliphatic heterocycles. The number of aryl methyl sites for hydroxylation is 1. The van der Waals surface area contributed by atoms with E-state index in [0.29, 0.717) is 24.2 Å². The van der Waals surface area contributed by atoms with Gasteiger partial charge in [-0.1, -0.05) is 18.2 Å². The summed E-state index contributed by atoms with van der Waals surface area (Å²) < 4.78 is 6.74. The van der Waals surface area contributed by atoms with Crippen molar-refractivity contribution < 1.29 is 19.1 Å². The molecule has 2 aliphatic rings. The van der Waals surface area contributed by atoms with Crippen LogP contribution >= 0.6 is 0 Å². The fourth-order valence-electron chi connectivity index (χ4n) is 4.02. The Labute approximate surface area is 166 Å². The fraction of sp³-hybridized carbons (Fsp3) is 0.381. The number of allylic oxidation sites excluding steroid dienone is 2. The van der Waals surface area contributed by atoms with E-state index in [9.17, 15) is 19.2 Å². The van der Waals surface area contributed by atoms with E-state index in [1.165, 1.54) is 17.4 Å². The van der Waals surface area contributed by atoms with Crippen molar-refractivity contribution in [3.05, 3.63) is 58.2 Å². The van der Waals surface area contributed by atoms with Crippen LogP contribution in [0.5, 0.6) is 0 Å². The number of carbonyl (C=O) groups is 3. The predicted octanol–water partition coefficient (Wildman–Crippen LogP) is 1.39. The molecule has 2 aromatic rings. The highest BCUT2D eigenvalue weighted by Crippen LogP contribution is 2.36. The number of likely N-dealkylation sites (tertiary alicyclic amines) is 1. The predicted molar refractivity (Wildman–Crippen MR) is 103 cm³/mol. The molecule has 29 heavy (non-hydrogen) atoms. The van der Waals surface area contributed by atoms with Crippen LogP contribution in [0.2, 0.25) is 0 Å². The second kappa shape index (κ2) is 7.27. The van der Waals surface area contributed by atoms with Crippen molar-refractivity contribution in [3.8, 4) is 0 Å². The lowest BCUT2D eigenvalue weighted by Crippen LogP contribution is -2.44. The summed E-state index contributed by atoms with van der Waals surface area (Å²) in [5.41, 5.74) is 1.24. The third-order valence-electron chi connectivity index (χ3n) is 5.57. The summed E-state index contributed by atoms with van der Waals surface area (Å²) in [6.07, 6.45) is 4.81. The Balaban J connectivity index is 1.47. The van der Waals surface area contributed by atoms with E-state index in [1.54, 1.807) is 25.1 Å². The molecule has 150 valence electrons. The van der Waals surface area contributed by atoms with E-state index < -0.39 is 23.8 Å². The summed E-state index contributed by atoms with van der Waals surface area (Å²) >= 11 is 0. The van der Waals surface area contributed by atoms with Crippen LogP contribution in [0.25, 0.3) is 5.65 Å². The van der Waals surface area contributed by atoms with Gasteiger partial charge in [0.05, 0.1) is 17.5 Å². The summed E-state index contributed by atoms with van der Waals surface area (Å²) in [5, 5.41) is 0. The van der Waals surface area contributed by atoms with Gasteiger partial charge in [-0.05, 0) is 38.8 Å². The zero-order chi connectivity index (χ0) is 20.7. The van der Waals surface area contributed by atoms with Crippen LogP contribution in [-0.2, 0) is 25.7 Å². The van der Waals surface area contributed by atoms with Crippen LogP contribution in [0.1, 0.15) is 31.2 Å². The molecule has 2 amide bonds. The highest BCUT2D eigenvalue weighted by Gasteiger charge is 2.50. The van der Waals surface area contributed by atoms with Gasteiger partial charge in [0.25, 0.3) is 5.56 Å². The van der Waals surface area contributed by atoms with E-state index in [0.717, 1.165) is 10.6 Å². The van der Waals surface area contributed by atoms with E-state index in [4.69, 9.17) is 4.74 Å². The Morgan fingerprint density at radius 2 is 1.83 bits per heavy atom. The highest BCUT2D eigenvalue weighted by atomic mass is 16.5. The molecular formula is C21H21N3O5. The molecule has 0 saturated carbocycles. The first-order valence-electron chi connectivity index (χ1n) is 9.55. The minimum Gasteiger partial charge on any atom is -0.458 e. The van der Waals surface area contributed by atoms with Crippen molar-refractivity contribution in [1.82, 2.24) is 14.3 Å². The number of ether oxygens (including phenoxy) is 1. The van der Waals surface area contributed by atoms with E-state index in [2.05, 4.69) is 4.98 Å². The first-order chi connectivity index (χ1) is 13.9. The van der Waals surface area contributed by atoms with Crippen molar-refractivity contribution in [2.24, 2.45) is 11.8 Å². The maximum atomic E-state index is 12.6. The molecule has 4 rings (SSSR count). The van der Waals surface area contributed by atoms with Crippen LogP contribution in [-0.4, -0.2) is 38.1 Å². The molecule has 0 unspecified atom stereocenters. The molecule has 0 N–H and O–H groups in total. The quantitative estimate of drug-likeness (QED) is 0.441.